The van der Waals surface area contributed by atoms with Crippen LogP contribution in [0.15, 0.2) is 57.5 Å². The molecule has 3 aromatic carbocycles. The molecule has 2 saturated carbocycles. The molecule has 2 fully saturated rings. The number of fused-ring (bicyclic) bond motifs is 11. The van der Waals surface area contributed by atoms with E-state index in [9.17, 15) is 0 Å². The molecule has 0 N–H and O–H groups in total. The molecular weight excluding hydrogens is 568 g/mol. The predicted octanol–water partition coefficient (Wildman–Crippen LogP) is 10.9. The Balaban J connectivity index is 1.52. The summed E-state index contributed by atoms with van der Waals surface area (Å²) >= 11 is 7.69. The molecule has 7 rings (SSSR count). The third kappa shape index (κ3) is 2.71. The first kappa shape index (κ1) is 23.7. The van der Waals surface area contributed by atoms with Gasteiger partial charge in [0.05, 0.1) is 0 Å². The first-order valence-corrected chi connectivity index (χ1v) is 15.7. The highest BCUT2D eigenvalue weighted by atomic mass is 79.9. The average molecular weight is 604 g/mol. The minimum absolute atomic E-state index is 0.161. The van der Waals surface area contributed by atoms with Crippen molar-refractivity contribution in [2.45, 2.75) is 89.9 Å². The normalized spacial score (nSPS) is 21.9. The van der Waals surface area contributed by atoms with Gasteiger partial charge >= 0.3 is 0 Å². The molecule has 4 aliphatic rings. The van der Waals surface area contributed by atoms with Crippen LogP contribution in [0, 0.1) is 10.8 Å². The fraction of sp³-hybridized carbons (Fsp3) is 0.471. The van der Waals surface area contributed by atoms with Crippen molar-refractivity contribution < 1.29 is 0 Å². The van der Waals surface area contributed by atoms with Gasteiger partial charge in [0.2, 0.25) is 0 Å². The van der Waals surface area contributed by atoms with Crippen molar-refractivity contribution in [3.8, 4) is 22.3 Å². The van der Waals surface area contributed by atoms with Gasteiger partial charge in [-0.05, 0) is 105 Å². The van der Waals surface area contributed by atoms with Crippen LogP contribution in [0.5, 0.6) is 0 Å². The summed E-state index contributed by atoms with van der Waals surface area (Å²) in [6.07, 6.45) is 10.3. The zero-order chi connectivity index (χ0) is 25.1. The Morgan fingerprint density at radius 3 is 1.19 bits per heavy atom. The molecule has 186 valence electrons. The maximum absolute atomic E-state index is 3.85. The minimum Gasteiger partial charge on any atom is -0.0649 e. The van der Waals surface area contributed by atoms with Gasteiger partial charge in [0.15, 0.2) is 0 Å². The highest BCUT2D eigenvalue weighted by Crippen LogP contribution is 2.74. The van der Waals surface area contributed by atoms with Crippen LogP contribution in [0.2, 0.25) is 0 Å². The molecular formula is C34H36Br2. The van der Waals surface area contributed by atoms with Crippen molar-refractivity contribution in [3.63, 3.8) is 0 Å². The van der Waals surface area contributed by atoms with Gasteiger partial charge in [0, 0.05) is 19.8 Å². The summed E-state index contributed by atoms with van der Waals surface area (Å²) in [6.45, 7) is 9.67. The van der Waals surface area contributed by atoms with E-state index in [0.717, 1.165) is 0 Å². The highest BCUT2D eigenvalue weighted by Gasteiger charge is 2.64. The molecule has 36 heavy (non-hydrogen) atoms. The molecule has 2 heteroatoms. The molecule has 2 spiro atoms. The number of hydrogen-bond donors (Lipinski definition) is 0. The van der Waals surface area contributed by atoms with Gasteiger partial charge in [0.25, 0.3) is 0 Å². The van der Waals surface area contributed by atoms with Gasteiger partial charge in [0.1, 0.15) is 0 Å². The van der Waals surface area contributed by atoms with Crippen molar-refractivity contribution in [3.05, 3.63) is 79.7 Å². The summed E-state index contributed by atoms with van der Waals surface area (Å²) in [5.41, 5.74) is 13.9. The van der Waals surface area contributed by atoms with Crippen LogP contribution in [-0.4, -0.2) is 0 Å². The molecule has 0 amide bonds. The molecule has 0 heterocycles. The Labute approximate surface area is 233 Å². The van der Waals surface area contributed by atoms with E-state index in [1.165, 1.54) is 82.6 Å². The van der Waals surface area contributed by atoms with E-state index in [4.69, 9.17) is 0 Å². The standard InChI is InChI=1S/C34H36Br2/c1-5-31(6-2)17-33(18-31)27-15-21(35)9-11-23(27)25-13-14-26-24-12-10-22(36)16-28(24)34(30(26)29(25)33)19-32(7-3,8-4)20-34/h9-16H,5-8,17-20H2,1-4H3. The third-order valence-electron chi connectivity index (χ3n) is 11.4. The van der Waals surface area contributed by atoms with Crippen LogP contribution < -0.4 is 0 Å². The quantitative estimate of drug-likeness (QED) is 0.278. The first-order chi connectivity index (χ1) is 17.3. The molecule has 3 aromatic rings. The van der Waals surface area contributed by atoms with Crippen molar-refractivity contribution >= 4 is 31.9 Å². The lowest BCUT2D eigenvalue weighted by molar-refractivity contribution is 0.0273. The molecule has 0 bridgehead atoms. The molecule has 0 nitrogen and oxygen atoms in total. The summed E-state index contributed by atoms with van der Waals surface area (Å²) < 4.78 is 2.44. The smallest absolute Gasteiger partial charge is 0.0229 e. The fourth-order valence-electron chi connectivity index (χ4n) is 9.30. The molecule has 0 saturated heterocycles. The summed E-state index contributed by atoms with van der Waals surface area (Å²) in [7, 11) is 0. The van der Waals surface area contributed by atoms with Crippen molar-refractivity contribution in [2.75, 3.05) is 0 Å². The van der Waals surface area contributed by atoms with Crippen LogP contribution in [0.25, 0.3) is 22.3 Å². The van der Waals surface area contributed by atoms with Crippen molar-refractivity contribution in [1.29, 1.82) is 0 Å². The fourth-order valence-corrected chi connectivity index (χ4v) is 10.0. The summed E-state index contributed by atoms with van der Waals surface area (Å²) in [5.74, 6) is 0. The first-order valence-electron chi connectivity index (χ1n) is 14.1. The summed E-state index contributed by atoms with van der Waals surface area (Å²) in [5, 5.41) is 0. The maximum Gasteiger partial charge on any atom is 0.0229 e. The SMILES string of the molecule is CCC1(CC)CC2(C1)c1cc(Br)ccc1-c1ccc3c(c12)C1(CC(CC)(CC)C1)c1cc(Br)ccc1-3. The van der Waals surface area contributed by atoms with Crippen LogP contribution in [0.3, 0.4) is 0 Å². The summed E-state index contributed by atoms with van der Waals surface area (Å²) in [4.78, 5) is 0. The lowest BCUT2D eigenvalue weighted by atomic mass is 9.43. The Morgan fingerprint density at radius 1 is 0.528 bits per heavy atom. The minimum atomic E-state index is 0.161. The van der Waals surface area contributed by atoms with Crippen LogP contribution >= 0.6 is 31.9 Å². The second-order valence-corrected chi connectivity index (χ2v) is 14.4. The number of halogens is 2. The number of benzene rings is 3. The van der Waals surface area contributed by atoms with E-state index in [1.54, 1.807) is 22.3 Å². The second-order valence-electron chi connectivity index (χ2n) is 12.6. The van der Waals surface area contributed by atoms with E-state index in [1.807, 2.05) is 0 Å². The predicted molar refractivity (Wildman–Crippen MR) is 159 cm³/mol. The topological polar surface area (TPSA) is 0 Å². The van der Waals surface area contributed by atoms with E-state index in [-0.39, 0.29) is 10.8 Å². The Bertz CT molecular complexity index is 1290. The number of hydrogen-bond acceptors (Lipinski definition) is 0. The Morgan fingerprint density at radius 2 is 0.861 bits per heavy atom. The molecule has 0 aromatic heterocycles. The molecule has 0 aliphatic heterocycles. The van der Waals surface area contributed by atoms with E-state index >= 15 is 0 Å². The van der Waals surface area contributed by atoms with Gasteiger partial charge in [-0.25, -0.2) is 0 Å². The zero-order valence-electron chi connectivity index (χ0n) is 22.0. The van der Waals surface area contributed by atoms with Crippen LogP contribution in [-0.2, 0) is 10.8 Å². The molecule has 0 unspecified atom stereocenters. The molecule has 0 atom stereocenters. The molecule has 0 radical (unpaired) electrons. The monoisotopic (exact) mass is 602 g/mol. The van der Waals surface area contributed by atoms with Crippen LogP contribution in [0.4, 0.5) is 0 Å². The molecule has 4 aliphatic carbocycles. The van der Waals surface area contributed by atoms with Crippen LogP contribution in [0.1, 0.15) is 101 Å². The second kappa shape index (κ2) is 7.60. The van der Waals surface area contributed by atoms with E-state index in [2.05, 4.69) is 108 Å². The van der Waals surface area contributed by atoms with Gasteiger partial charge in [-0.2, -0.15) is 0 Å². The average Bonchev–Trinajstić information content (AvgIpc) is 3.28. The highest BCUT2D eigenvalue weighted by molar-refractivity contribution is 9.10. The van der Waals surface area contributed by atoms with Gasteiger partial charge in [-0.3, -0.25) is 0 Å². The van der Waals surface area contributed by atoms with Gasteiger partial charge in [-0.15, -0.1) is 0 Å². The third-order valence-corrected chi connectivity index (χ3v) is 12.4. The Kier molecular flexibility index (Phi) is 5.01. The maximum atomic E-state index is 3.85. The van der Waals surface area contributed by atoms with Crippen molar-refractivity contribution in [2.24, 2.45) is 10.8 Å². The Hall–Kier alpha value is -1.38. The van der Waals surface area contributed by atoms with E-state index in [0.29, 0.717) is 10.8 Å². The lowest BCUT2D eigenvalue weighted by Crippen LogP contribution is -2.53. The lowest BCUT2D eigenvalue weighted by Gasteiger charge is -2.60. The van der Waals surface area contributed by atoms with Gasteiger partial charge < -0.3 is 0 Å². The van der Waals surface area contributed by atoms with E-state index < -0.39 is 0 Å². The number of rotatable bonds is 4. The zero-order valence-corrected chi connectivity index (χ0v) is 25.2. The largest absolute Gasteiger partial charge is 0.0649 e. The van der Waals surface area contributed by atoms with Crippen molar-refractivity contribution in [1.82, 2.24) is 0 Å². The van der Waals surface area contributed by atoms with Gasteiger partial charge in [-0.1, -0.05) is 110 Å². The summed E-state index contributed by atoms with van der Waals surface area (Å²) in [6, 6.07) is 19.2.